The number of likely N-dealkylation sites (N-methyl/N-ethyl adjacent to an activating group) is 1. The van der Waals surface area contributed by atoms with E-state index in [2.05, 4.69) is 29.2 Å². The molecule has 1 amide bonds. The molecule has 3 N–H and O–H groups in total. The largest absolute Gasteiger partial charge is 0.320 e. The van der Waals surface area contributed by atoms with E-state index in [9.17, 15) is 4.79 Å². The average molecular weight is 272 g/mol. The SMILES string of the molecule is CN1CCN(NC(=O)c2ccc(C#CCN)cc2)CC1. The van der Waals surface area contributed by atoms with Crippen LogP contribution in [0, 0.1) is 11.8 Å². The third-order valence-electron chi connectivity index (χ3n) is 3.24. The second-order valence-corrected chi connectivity index (χ2v) is 4.81. The van der Waals surface area contributed by atoms with Crippen molar-refractivity contribution in [1.82, 2.24) is 15.3 Å². The fourth-order valence-electron chi connectivity index (χ4n) is 1.98. The van der Waals surface area contributed by atoms with Crippen LogP contribution in [0.3, 0.4) is 0 Å². The predicted molar refractivity (Wildman–Crippen MR) is 78.9 cm³/mol. The highest BCUT2D eigenvalue weighted by Crippen LogP contribution is 2.04. The molecule has 5 nitrogen and oxygen atoms in total. The van der Waals surface area contributed by atoms with Crippen molar-refractivity contribution in [1.29, 1.82) is 0 Å². The summed E-state index contributed by atoms with van der Waals surface area (Å²) in [6.07, 6.45) is 0. The van der Waals surface area contributed by atoms with E-state index in [4.69, 9.17) is 5.73 Å². The number of nitrogens with one attached hydrogen (secondary N) is 1. The number of hydrogen-bond acceptors (Lipinski definition) is 4. The van der Waals surface area contributed by atoms with E-state index in [0.29, 0.717) is 12.1 Å². The van der Waals surface area contributed by atoms with Crippen molar-refractivity contribution in [2.45, 2.75) is 0 Å². The Hall–Kier alpha value is -1.87. The fourth-order valence-corrected chi connectivity index (χ4v) is 1.98. The Labute approximate surface area is 119 Å². The Balaban J connectivity index is 1.92. The first-order valence-electron chi connectivity index (χ1n) is 6.72. The van der Waals surface area contributed by atoms with E-state index in [1.807, 2.05) is 17.1 Å². The molecule has 5 heteroatoms. The Morgan fingerprint density at radius 2 is 1.90 bits per heavy atom. The van der Waals surface area contributed by atoms with Crippen molar-refractivity contribution in [2.24, 2.45) is 5.73 Å². The molecule has 1 aromatic carbocycles. The first-order chi connectivity index (χ1) is 9.69. The minimum atomic E-state index is -0.0760. The summed E-state index contributed by atoms with van der Waals surface area (Å²) in [6.45, 7) is 3.97. The minimum absolute atomic E-state index is 0.0760. The van der Waals surface area contributed by atoms with Crippen molar-refractivity contribution in [3.8, 4) is 11.8 Å². The quantitative estimate of drug-likeness (QED) is 0.738. The second-order valence-electron chi connectivity index (χ2n) is 4.81. The number of amides is 1. The van der Waals surface area contributed by atoms with E-state index >= 15 is 0 Å². The van der Waals surface area contributed by atoms with Crippen LogP contribution in [0.15, 0.2) is 24.3 Å². The van der Waals surface area contributed by atoms with Gasteiger partial charge in [0.05, 0.1) is 6.54 Å². The number of benzene rings is 1. The van der Waals surface area contributed by atoms with Crippen molar-refractivity contribution in [3.63, 3.8) is 0 Å². The van der Waals surface area contributed by atoms with Crippen LogP contribution in [0.1, 0.15) is 15.9 Å². The van der Waals surface area contributed by atoms with E-state index < -0.39 is 0 Å². The molecular formula is C15H20N4O. The second kappa shape index (κ2) is 7.06. The lowest BCUT2D eigenvalue weighted by atomic mass is 10.1. The molecule has 0 aromatic heterocycles. The van der Waals surface area contributed by atoms with Gasteiger partial charge < -0.3 is 10.6 Å². The van der Waals surface area contributed by atoms with E-state index in [1.54, 1.807) is 12.1 Å². The van der Waals surface area contributed by atoms with Crippen molar-refractivity contribution in [2.75, 3.05) is 39.8 Å². The smallest absolute Gasteiger partial charge is 0.265 e. The molecule has 0 bridgehead atoms. The lowest BCUT2D eigenvalue weighted by Gasteiger charge is -2.32. The van der Waals surface area contributed by atoms with Crippen LogP contribution in [-0.2, 0) is 0 Å². The summed E-state index contributed by atoms with van der Waals surface area (Å²) >= 11 is 0. The first-order valence-corrected chi connectivity index (χ1v) is 6.72. The van der Waals surface area contributed by atoms with Crippen molar-refractivity contribution in [3.05, 3.63) is 35.4 Å². The zero-order valence-corrected chi connectivity index (χ0v) is 11.7. The molecular weight excluding hydrogens is 252 g/mol. The normalized spacial score (nSPS) is 16.3. The number of rotatable bonds is 2. The lowest BCUT2D eigenvalue weighted by Crippen LogP contribution is -2.52. The van der Waals surface area contributed by atoms with Gasteiger partial charge in [0.15, 0.2) is 0 Å². The number of nitrogens with zero attached hydrogens (tertiary/aromatic N) is 2. The van der Waals surface area contributed by atoms with Gasteiger partial charge >= 0.3 is 0 Å². The van der Waals surface area contributed by atoms with Crippen LogP contribution >= 0.6 is 0 Å². The standard InChI is InChI=1S/C15H20N4O/c1-18-9-11-19(12-10-18)17-15(20)14-6-4-13(5-7-14)3-2-8-16/h4-7H,8-12,16H2,1H3,(H,17,20). The number of hydrogen-bond donors (Lipinski definition) is 2. The Morgan fingerprint density at radius 3 is 2.50 bits per heavy atom. The highest BCUT2D eigenvalue weighted by Gasteiger charge is 2.16. The summed E-state index contributed by atoms with van der Waals surface area (Å²) < 4.78 is 0. The maximum absolute atomic E-state index is 12.1. The van der Waals surface area contributed by atoms with Gasteiger partial charge in [0, 0.05) is 37.3 Å². The number of piperazine rings is 1. The molecule has 1 fully saturated rings. The molecule has 2 rings (SSSR count). The highest BCUT2D eigenvalue weighted by molar-refractivity contribution is 5.93. The van der Waals surface area contributed by atoms with E-state index in [0.717, 1.165) is 31.7 Å². The summed E-state index contributed by atoms with van der Waals surface area (Å²) in [5.74, 6) is 5.65. The Kier molecular flexibility index (Phi) is 5.13. The van der Waals surface area contributed by atoms with Gasteiger partial charge in [0.2, 0.25) is 0 Å². The van der Waals surface area contributed by atoms with Crippen LogP contribution in [0.25, 0.3) is 0 Å². The number of carbonyl (C=O) groups is 1. The molecule has 1 aromatic rings. The van der Waals surface area contributed by atoms with Crippen LogP contribution in [-0.4, -0.2) is 55.6 Å². The van der Waals surface area contributed by atoms with Crippen molar-refractivity contribution >= 4 is 5.91 Å². The van der Waals surface area contributed by atoms with Gasteiger partial charge in [-0.15, -0.1) is 0 Å². The van der Waals surface area contributed by atoms with Gasteiger partial charge in [0.1, 0.15) is 0 Å². The topological polar surface area (TPSA) is 61.6 Å². The molecule has 0 aliphatic carbocycles. The van der Waals surface area contributed by atoms with Gasteiger partial charge in [-0.2, -0.15) is 0 Å². The van der Waals surface area contributed by atoms with Crippen LogP contribution in [0.2, 0.25) is 0 Å². The number of nitrogens with two attached hydrogens (primary N) is 1. The predicted octanol–water partition coefficient (Wildman–Crippen LogP) is -0.111. The molecule has 0 unspecified atom stereocenters. The summed E-state index contributed by atoms with van der Waals surface area (Å²) in [7, 11) is 2.08. The van der Waals surface area contributed by atoms with Gasteiger partial charge in [-0.1, -0.05) is 11.8 Å². The maximum atomic E-state index is 12.1. The molecule has 20 heavy (non-hydrogen) atoms. The highest BCUT2D eigenvalue weighted by atomic mass is 16.2. The van der Waals surface area contributed by atoms with Crippen molar-refractivity contribution < 1.29 is 4.79 Å². The molecule has 0 spiro atoms. The van der Waals surface area contributed by atoms with Gasteiger partial charge in [0.25, 0.3) is 5.91 Å². The summed E-state index contributed by atoms with van der Waals surface area (Å²) in [6, 6.07) is 7.24. The van der Waals surface area contributed by atoms with E-state index in [-0.39, 0.29) is 5.91 Å². The third kappa shape index (κ3) is 4.07. The molecule has 0 radical (unpaired) electrons. The molecule has 106 valence electrons. The molecule has 0 saturated carbocycles. The summed E-state index contributed by atoms with van der Waals surface area (Å²) in [4.78, 5) is 14.3. The molecule has 1 aliphatic rings. The van der Waals surface area contributed by atoms with Gasteiger partial charge in [-0.3, -0.25) is 10.2 Å². The molecule has 1 heterocycles. The number of carbonyl (C=O) groups excluding carboxylic acids is 1. The lowest BCUT2D eigenvalue weighted by molar-refractivity contribution is 0.0662. The zero-order chi connectivity index (χ0) is 14.4. The number of hydrazine groups is 1. The first kappa shape index (κ1) is 14.5. The monoisotopic (exact) mass is 272 g/mol. The summed E-state index contributed by atoms with van der Waals surface area (Å²) in [5.41, 5.74) is 9.76. The average Bonchev–Trinajstić information content (AvgIpc) is 2.48. The molecule has 1 aliphatic heterocycles. The van der Waals surface area contributed by atoms with Gasteiger partial charge in [-0.25, -0.2) is 5.01 Å². The molecule has 0 atom stereocenters. The Bertz CT molecular complexity index is 507. The summed E-state index contributed by atoms with van der Waals surface area (Å²) in [5, 5.41) is 1.96. The van der Waals surface area contributed by atoms with Crippen LogP contribution in [0.5, 0.6) is 0 Å². The Morgan fingerprint density at radius 1 is 1.25 bits per heavy atom. The fraction of sp³-hybridized carbons (Fsp3) is 0.400. The van der Waals surface area contributed by atoms with Crippen LogP contribution in [0.4, 0.5) is 0 Å². The van der Waals surface area contributed by atoms with E-state index in [1.165, 1.54) is 0 Å². The minimum Gasteiger partial charge on any atom is -0.320 e. The zero-order valence-electron chi connectivity index (χ0n) is 11.7. The third-order valence-corrected chi connectivity index (χ3v) is 3.24. The van der Waals surface area contributed by atoms with Gasteiger partial charge in [-0.05, 0) is 31.3 Å². The van der Waals surface area contributed by atoms with Crippen LogP contribution < -0.4 is 11.2 Å². The maximum Gasteiger partial charge on any atom is 0.265 e. The molecule has 1 saturated heterocycles.